The zero-order chi connectivity index (χ0) is 17.3. The minimum absolute atomic E-state index is 0.0734. The van der Waals surface area contributed by atoms with Gasteiger partial charge in [-0.15, -0.1) is 0 Å². The molecule has 128 valence electrons. The number of likely N-dealkylation sites (N-methyl/N-ethyl adjacent to an activating group) is 1. The van der Waals surface area contributed by atoms with E-state index in [1.807, 2.05) is 18.5 Å². The highest BCUT2D eigenvalue weighted by atomic mass is 16.3. The van der Waals surface area contributed by atoms with Gasteiger partial charge in [0.15, 0.2) is 0 Å². The van der Waals surface area contributed by atoms with Crippen molar-refractivity contribution in [1.29, 1.82) is 0 Å². The molecule has 7 heteroatoms. The van der Waals surface area contributed by atoms with E-state index in [2.05, 4.69) is 10.3 Å². The van der Waals surface area contributed by atoms with E-state index < -0.39 is 0 Å². The van der Waals surface area contributed by atoms with Gasteiger partial charge in [0, 0.05) is 26.9 Å². The third-order valence-electron chi connectivity index (χ3n) is 4.65. The molecule has 3 rings (SSSR count). The molecule has 1 saturated heterocycles. The van der Waals surface area contributed by atoms with Crippen molar-refractivity contribution in [2.45, 2.75) is 38.3 Å². The van der Waals surface area contributed by atoms with Crippen LogP contribution in [0, 0.1) is 0 Å². The molecule has 0 saturated carbocycles. The molecule has 0 spiro atoms. The van der Waals surface area contributed by atoms with Crippen molar-refractivity contribution in [3.63, 3.8) is 0 Å². The van der Waals surface area contributed by atoms with Crippen LogP contribution < -0.4 is 5.32 Å². The minimum atomic E-state index is -0.236. The summed E-state index contributed by atoms with van der Waals surface area (Å²) in [4.78, 5) is 30.6. The number of rotatable bonds is 4. The van der Waals surface area contributed by atoms with Crippen LogP contribution in [-0.2, 0) is 18.3 Å². The van der Waals surface area contributed by atoms with Crippen LogP contribution in [0.1, 0.15) is 47.6 Å². The first-order valence-electron chi connectivity index (χ1n) is 8.12. The predicted octanol–water partition coefficient (Wildman–Crippen LogP) is 1.67. The Balaban J connectivity index is 1.86. The van der Waals surface area contributed by atoms with E-state index in [0.717, 1.165) is 5.69 Å². The number of hydrogen-bond donors (Lipinski definition) is 1. The molecule has 3 heterocycles. The highest BCUT2D eigenvalue weighted by Crippen LogP contribution is 2.30. The van der Waals surface area contributed by atoms with Crippen LogP contribution in [0.25, 0.3) is 0 Å². The van der Waals surface area contributed by atoms with Crippen LogP contribution in [0.5, 0.6) is 0 Å². The van der Waals surface area contributed by atoms with E-state index in [1.165, 1.54) is 6.26 Å². The van der Waals surface area contributed by atoms with E-state index >= 15 is 0 Å². The molecule has 2 atom stereocenters. The van der Waals surface area contributed by atoms with Crippen molar-refractivity contribution < 1.29 is 14.0 Å². The highest BCUT2D eigenvalue weighted by Gasteiger charge is 2.37. The molecule has 7 nitrogen and oxygen atoms in total. The Morgan fingerprint density at radius 3 is 2.92 bits per heavy atom. The molecule has 1 fully saturated rings. The summed E-state index contributed by atoms with van der Waals surface area (Å²) in [6.07, 6.45) is 6.65. The largest absolute Gasteiger partial charge is 0.469 e. The first-order valence-corrected chi connectivity index (χ1v) is 8.12. The molecule has 1 aliphatic rings. The van der Waals surface area contributed by atoms with Gasteiger partial charge in [-0.3, -0.25) is 9.59 Å². The van der Waals surface area contributed by atoms with Gasteiger partial charge in [0.25, 0.3) is 5.91 Å². The van der Waals surface area contributed by atoms with Crippen molar-refractivity contribution in [2.75, 3.05) is 7.05 Å². The van der Waals surface area contributed by atoms with Gasteiger partial charge in [-0.25, -0.2) is 4.98 Å². The van der Waals surface area contributed by atoms with E-state index in [0.29, 0.717) is 30.6 Å². The molecular weight excluding hydrogens is 308 g/mol. The molecule has 1 aliphatic heterocycles. The molecule has 2 amide bonds. The van der Waals surface area contributed by atoms with Crippen LogP contribution in [-0.4, -0.2) is 39.4 Å². The topological polar surface area (TPSA) is 80.4 Å². The predicted molar refractivity (Wildman–Crippen MR) is 87.3 cm³/mol. The standard InChI is InChI=1S/C17H22N4O3/c1-4-14-11(7-8-24-14)17(23)19-12-5-6-15(22)21(3)16(12)13-9-18-10-20(13)2/h7-10,12,16H,4-6H2,1-3H3,(H,19,23)/t12-,16-/m1/s1. The van der Waals surface area contributed by atoms with Gasteiger partial charge in [-0.2, -0.15) is 0 Å². The fourth-order valence-electron chi connectivity index (χ4n) is 3.31. The summed E-state index contributed by atoms with van der Waals surface area (Å²) >= 11 is 0. The Kier molecular flexibility index (Phi) is 4.42. The molecule has 1 N–H and O–H groups in total. The normalized spacial score (nSPS) is 21.1. The second kappa shape index (κ2) is 6.51. The number of imidazole rings is 1. The fourth-order valence-corrected chi connectivity index (χ4v) is 3.31. The molecule has 0 radical (unpaired) electrons. The van der Waals surface area contributed by atoms with Gasteiger partial charge in [0.05, 0.1) is 42.1 Å². The van der Waals surface area contributed by atoms with Gasteiger partial charge in [0.1, 0.15) is 5.76 Å². The number of nitrogens with zero attached hydrogens (tertiary/aromatic N) is 3. The van der Waals surface area contributed by atoms with Crippen molar-refractivity contribution in [2.24, 2.45) is 7.05 Å². The summed E-state index contributed by atoms with van der Waals surface area (Å²) < 4.78 is 7.22. The summed E-state index contributed by atoms with van der Waals surface area (Å²) in [5.41, 5.74) is 1.46. The van der Waals surface area contributed by atoms with Crippen LogP contribution >= 0.6 is 0 Å². The fraction of sp³-hybridized carbons (Fsp3) is 0.471. The number of carbonyl (C=O) groups excluding carboxylic acids is 2. The lowest BCUT2D eigenvalue weighted by atomic mass is 9.93. The van der Waals surface area contributed by atoms with Crippen LogP contribution in [0.3, 0.4) is 0 Å². The number of furan rings is 1. The average Bonchev–Trinajstić information content (AvgIpc) is 3.20. The van der Waals surface area contributed by atoms with Crippen molar-refractivity contribution in [3.05, 3.63) is 41.9 Å². The van der Waals surface area contributed by atoms with Crippen molar-refractivity contribution >= 4 is 11.8 Å². The number of carbonyl (C=O) groups is 2. The minimum Gasteiger partial charge on any atom is -0.469 e. The summed E-state index contributed by atoms with van der Waals surface area (Å²) in [6, 6.07) is 1.28. The van der Waals surface area contributed by atoms with E-state index in [4.69, 9.17) is 4.42 Å². The molecule has 2 aromatic heterocycles. The maximum atomic E-state index is 12.6. The number of hydrogen-bond acceptors (Lipinski definition) is 4. The molecule has 0 aromatic carbocycles. The summed E-state index contributed by atoms with van der Waals surface area (Å²) in [7, 11) is 3.66. The summed E-state index contributed by atoms with van der Waals surface area (Å²) in [5, 5.41) is 3.08. The number of piperidine rings is 1. The molecule has 2 aromatic rings. The molecule has 0 aliphatic carbocycles. The van der Waals surface area contributed by atoms with Crippen LogP contribution in [0.4, 0.5) is 0 Å². The second-order valence-electron chi connectivity index (χ2n) is 6.11. The monoisotopic (exact) mass is 330 g/mol. The zero-order valence-corrected chi connectivity index (χ0v) is 14.2. The van der Waals surface area contributed by atoms with Gasteiger partial charge in [-0.05, 0) is 12.5 Å². The third-order valence-corrected chi connectivity index (χ3v) is 4.65. The maximum Gasteiger partial charge on any atom is 0.255 e. The maximum absolute atomic E-state index is 12.6. The van der Waals surface area contributed by atoms with Gasteiger partial charge < -0.3 is 19.2 Å². The third kappa shape index (κ3) is 2.81. The quantitative estimate of drug-likeness (QED) is 0.925. The average molecular weight is 330 g/mol. The molecular formula is C17H22N4O3. The van der Waals surface area contributed by atoms with Crippen LogP contribution in [0.2, 0.25) is 0 Å². The van der Waals surface area contributed by atoms with Crippen molar-refractivity contribution in [3.8, 4) is 0 Å². The Labute approximate surface area is 140 Å². The van der Waals surface area contributed by atoms with E-state index in [-0.39, 0.29) is 23.9 Å². The first-order chi connectivity index (χ1) is 11.5. The van der Waals surface area contributed by atoms with Crippen LogP contribution in [0.15, 0.2) is 29.3 Å². The Hall–Kier alpha value is -2.57. The molecule has 0 bridgehead atoms. The number of aromatic nitrogens is 2. The lowest BCUT2D eigenvalue weighted by Gasteiger charge is -2.39. The number of amides is 2. The molecule has 24 heavy (non-hydrogen) atoms. The van der Waals surface area contributed by atoms with Crippen molar-refractivity contribution in [1.82, 2.24) is 19.8 Å². The number of nitrogens with one attached hydrogen (secondary N) is 1. The molecule has 0 unspecified atom stereocenters. The number of aryl methyl sites for hydroxylation is 2. The van der Waals surface area contributed by atoms with E-state index in [1.54, 1.807) is 30.5 Å². The first kappa shape index (κ1) is 16.3. The lowest BCUT2D eigenvalue weighted by molar-refractivity contribution is -0.136. The Morgan fingerprint density at radius 1 is 1.46 bits per heavy atom. The SMILES string of the molecule is CCc1occc1C(=O)N[C@@H]1CCC(=O)N(C)[C@H]1c1cncn1C. The Bertz CT molecular complexity index is 749. The zero-order valence-electron chi connectivity index (χ0n) is 14.2. The second-order valence-corrected chi connectivity index (χ2v) is 6.11. The van der Waals surface area contributed by atoms with Gasteiger partial charge >= 0.3 is 0 Å². The number of likely N-dealkylation sites (tertiary alicyclic amines) is 1. The Morgan fingerprint density at radius 2 is 2.25 bits per heavy atom. The smallest absolute Gasteiger partial charge is 0.255 e. The highest BCUT2D eigenvalue weighted by molar-refractivity contribution is 5.95. The van der Waals surface area contributed by atoms with E-state index in [9.17, 15) is 9.59 Å². The van der Waals surface area contributed by atoms with Gasteiger partial charge in [-0.1, -0.05) is 6.92 Å². The van der Waals surface area contributed by atoms with Gasteiger partial charge in [0.2, 0.25) is 5.91 Å². The lowest BCUT2D eigenvalue weighted by Crippen LogP contribution is -2.51. The summed E-state index contributed by atoms with van der Waals surface area (Å²) in [5.74, 6) is 0.578. The summed E-state index contributed by atoms with van der Waals surface area (Å²) in [6.45, 7) is 1.95.